The highest BCUT2D eigenvalue weighted by atomic mass is 16.2. The number of carbonyl (C=O) groups excluding carboxylic acids is 2. The Balaban J connectivity index is 1.19. The maximum Gasteiger partial charge on any atom is 0.248 e. The summed E-state index contributed by atoms with van der Waals surface area (Å²) in [5.74, 6) is 0.779. The van der Waals surface area contributed by atoms with Crippen LogP contribution in [0.4, 0.5) is 11.5 Å². The summed E-state index contributed by atoms with van der Waals surface area (Å²) < 4.78 is 1.83. The highest BCUT2D eigenvalue weighted by Crippen LogP contribution is 2.40. The molecule has 1 aliphatic heterocycles. The monoisotopic (exact) mass is 444 g/mol. The van der Waals surface area contributed by atoms with Gasteiger partial charge in [0, 0.05) is 49.4 Å². The molecule has 2 fully saturated rings. The number of nitrogens with zero attached hydrogens (tertiary/aromatic N) is 4. The van der Waals surface area contributed by atoms with Crippen LogP contribution in [0.25, 0.3) is 5.69 Å². The van der Waals surface area contributed by atoms with Gasteiger partial charge in [-0.15, -0.1) is 0 Å². The van der Waals surface area contributed by atoms with E-state index in [0.717, 1.165) is 61.9 Å². The number of carbonyl (C=O) groups is 2. The zero-order valence-electron chi connectivity index (χ0n) is 18.5. The molecule has 2 heterocycles. The quantitative estimate of drug-likeness (QED) is 0.584. The Morgan fingerprint density at radius 3 is 2.27 bits per heavy atom. The first kappa shape index (κ1) is 21.2. The summed E-state index contributed by atoms with van der Waals surface area (Å²) in [6.07, 6.45) is 2.32. The van der Waals surface area contributed by atoms with Crippen molar-refractivity contribution in [2.24, 2.45) is 5.73 Å². The summed E-state index contributed by atoms with van der Waals surface area (Å²) in [7, 11) is 0. The molecular weight excluding hydrogens is 416 g/mol. The Kier molecular flexibility index (Phi) is 5.83. The minimum Gasteiger partial charge on any atom is -0.369 e. The first-order chi connectivity index (χ1) is 16.1. The molecule has 8 heteroatoms. The van der Waals surface area contributed by atoms with Crippen molar-refractivity contribution >= 4 is 23.3 Å². The molecule has 2 amide bonds. The summed E-state index contributed by atoms with van der Waals surface area (Å²) in [6, 6.07) is 19.3. The zero-order chi connectivity index (χ0) is 22.8. The fourth-order valence-electron chi connectivity index (χ4n) is 4.22. The fraction of sp³-hybridized carbons (Fsp3) is 0.320. The molecule has 1 aliphatic carbocycles. The maximum absolute atomic E-state index is 12.9. The minimum atomic E-state index is -0.421. The summed E-state index contributed by atoms with van der Waals surface area (Å²) in [4.78, 5) is 28.5. The normalized spacial score (nSPS) is 16.5. The van der Waals surface area contributed by atoms with E-state index in [-0.39, 0.29) is 5.91 Å². The van der Waals surface area contributed by atoms with Gasteiger partial charge >= 0.3 is 0 Å². The molecule has 3 N–H and O–H groups in total. The highest BCUT2D eigenvalue weighted by molar-refractivity contribution is 5.93. The van der Waals surface area contributed by atoms with E-state index in [0.29, 0.717) is 18.0 Å². The third kappa shape index (κ3) is 4.90. The molecule has 2 aliphatic rings. The standard InChI is InChI=1S/C25H28N6O2/c26-25(33)19-8-10-20(11-9-19)30-14-12-29(13-15-30)17-24(32)27-23-16-22(18-6-7-18)28-31(23)21-4-2-1-3-5-21/h1-5,8-11,16,18H,6-7,12-15,17H2,(H2,26,33)(H,27,32). The van der Waals surface area contributed by atoms with Crippen LogP contribution in [0.1, 0.15) is 34.8 Å². The van der Waals surface area contributed by atoms with E-state index >= 15 is 0 Å². The van der Waals surface area contributed by atoms with E-state index < -0.39 is 5.91 Å². The Morgan fingerprint density at radius 1 is 0.939 bits per heavy atom. The Morgan fingerprint density at radius 2 is 1.64 bits per heavy atom. The minimum absolute atomic E-state index is 0.0336. The molecule has 1 aromatic heterocycles. The van der Waals surface area contributed by atoms with Gasteiger partial charge in [0.2, 0.25) is 11.8 Å². The third-order valence-corrected chi connectivity index (χ3v) is 6.25. The van der Waals surface area contributed by atoms with Gasteiger partial charge in [-0.25, -0.2) is 4.68 Å². The van der Waals surface area contributed by atoms with Crippen LogP contribution in [0.2, 0.25) is 0 Å². The van der Waals surface area contributed by atoms with Crippen molar-refractivity contribution in [1.29, 1.82) is 0 Å². The van der Waals surface area contributed by atoms with Crippen molar-refractivity contribution in [2.75, 3.05) is 42.9 Å². The lowest BCUT2D eigenvalue weighted by Gasteiger charge is -2.35. The second-order valence-electron chi connectivity index (χ2n) is 8.70. The molecule has 2 aromatic carbocycles. The topological polar surface area (TPSA) is 96.5 Å². The van der Waals surface area contributed by atoms with Gasteiger partial charge < -0.3 is 16.0 Å². The molecule has 5 rings (SSSR count). The second kappa shape index (κ2) is 9.07. The van der Waals surface area contributed by atoms with E-state index in [9.17, 15) is 9.59 Å². The predicted molar refractivity (Wildman–Crippen MR) is 128 cm³/mol. The number of hydrogen-bond donors (Lipinski definition) is 2. The second-order valence-corrected chi connectivity index (χ2v) is 8.70. The van der Waals surface area contributed by atoms with Crippen LogP contribution in [0.5, 0.6) is 0 Å². The van der Waals surface area contributed by atoms with Gasteiger partial charge in [-0.1, -0.05) is 18.2 Å². The van der Waals surface area contributed by atoms with Crippen molar-refractivity contribution in [3.8, 4) is 5.69 Å². The number of hydrogen-bond acceptors (Lipinski definition) is 5. The predicted octanol–water partition coefficient (Wildman–Crippen LogP) is 2.61. The van der Waals surface area contributed by atoms with Crippen molar-refractivity contribution in [1.82, 2.24) is 14.7 Å². The van der Waals surface area contributed by atoms with Crippen molar-refractivity contribution in [3.05, 3.63) is 71.9 Å². The average Bonchev–Trinajstić information content (AvgIpc) is 3.61. The Labute approximate surface area is 193 Å². The van der Waals surface area contributed by atoms with Crippen LogP contribution >= 0.6 is 0 Å². The van der Waals surface area contributed by atoms with Gasteiger partial charge in [0.05, 0.1) is 17.9 Å². The third-order valence-electron chi connectivity index (χ3n) is 6.25. The highest BCUT2D eigenvalue weighted by Gasteiger charge is 2.28. The maximum atomic E-state index is 12.9. The first-order valence-corrected chi connectivity index (χ1v) is 11.4. The lowest BCUT2D eigenvalue weighted by Crippen LogP contribution is -2.48. The summed E-state index contributed by atoms with van der Waals surface area (Å²) in [6.45, 7) is 3.55. The molecule has 0 spiro atoms. The van der Waals surface area contributed by atoms with Crippen LogP contribution in [0.3, 0.4) is 0 Å². The number of piperazine rings is 1. The van der Waals surface area contributed by atoms with Crippen LogP contribution < -0.4 is 16.0 Å². The molecular formula is C25H28N6O2. The largest absolute Gasteiger partial charge is 0.369 e. The van der Waals surface area contributed by atoms with Crippen LogP contribution in [0, 0.1) is 0 Å². The van der Waals surface area contributed by atoms with Gasteiger partial charge in [-0.05, 0) is 49.2 Å². The lowest BCUT2D eigenvalue weighted by atomic mass is 10.1. The number of aromatic nitrogens is 2. The molecule has 33 heavy (non-hydrogen) atoms. The zero-order valence-corrected chi connectivity index (χ0v) is 18.5. The molecule has 0 unspecified atom stereocenters. The number of benzene rings is 2. The number of anilines is 2. The number of nitrogens with one attached hydrogen (secondary N) is 1. The van der Waals surface area contributed by atoms with Crippen molar-refractivity contribution < 1.29 is 9.59 Å². The molecule has 3 aromatic rings. The van der Waals surface area contributed by atoms with Gasteiger partial charge in [0.25, 0.3) is 0 Å². The Bertz CT molecular complexity index is 1130. The van der Waals surface area contributed by atoms with Gasteiger partial charge in [0.15, 0.2) is 0 Å². The van der Waals surface area contributed by atoms with Crippen molar-refractivity contribution in [2.45, 2.75) is 18.8 Å². The number of primary amides is 1. The summed E-state index contributed by atoms with van der Waals surface area (Å²) in [5.41, 5.74) is 8.87. The first-order valence-electron chi connectivity index (χ1n) is 11.4. The fourth-order valence-corrected chi connectivity index (χ4v) is 4.22. The SMILES string of the molecule is NC(=O)c1ccc(N2CCN(CC(=O)Nc3cc(C4CC4)nn3-c3ccccc3)CC2)cc1. The van der Waals surface area contributed by atoms with Crippen LogP contribution in [-0.2, 0) is 4.79 Å². The molecule has 1 saturated carbocycles. The van der Waals surface area contributed by atoms with E-state index in [1.807, 2.05) is 53.2 Å². The summed E-state index contributed by atoms with van der Waals surface area (Å²) in [5, 5.41) is 7.84. The van der Waals surface area contributed by atoms with E-state index in [2.05, 4.69) is 15.1 Å². The molecule has 170 valence electrons. The number of rotatable bonds is 7. The summed E-state index contributed by atoms with van der Waals surface area (Å²) >= 11 is 0. The van der Waals surface area contributed by atoms with Crippen LogP contribution in [0.15, 0.2) is 60.7 Å². The van der Waals surface area contributed by atoms with Crippen LogP contribution in [-0.4, -0.2) is 59.2 Å². The smallest absolute Gasteiger partial charge is 0.248 e. The van der Waals surface area contributed by atoms with E-state index in [1.54, 1.807) is 12.1 Å². The molecule has 8 nitrogen and oxygen atoms in total. The lowest BCUT2D eigenvalue weighted by molar-refractivity contribution is -0.117. The molecule has 0 atom stereocenters. The molecule has 1 saturated heterocycles. The molecule has 0 bridgehead atoms. The van der Waals surface area contributed by atoms with Crippen molar-refractivity contribution in [3.63, 3.8) is 0 Å². The van der Waals surface area contributed by atoms with E-state index in [4.69, 9.17) is 10.8 Å². The number of amides is 2. The number of para-hydroxylation sites is 1. The molecule has 0 radical (unpaired) electrons. The van der Waals surface area contributed by atoms with Gasteiger partial charge in [-0.2, -0.15) is 5.10 Å². The van der Waals surface area contributed by atoms with E-state index in [1.165, 1.54) is 0 Å². The Hall–Kier alpha value is -3.65. The number of nitrogens with two attached hydrogens (primary N) is 1. The average molecular weight is 445 g/mol. The van der Waals surface area contributed by atoms with Gasteiger partial charge in [-0.3, -0.25) is 14.5 Å². The van der Waals surface area contributed by atoms with Gasteiger partial charge in [0.1, 0.15) is 5.82 Å².